The van der Waals surface area contributed by atoms with E-state index in [1.54, 1.807) is 0 Å². The average molecular weight is 555 g/mol. The molecule has 4 bridgehead atoms. The number of carbonyl (C=O) groups excluding carboxylic acids is 2. The van der Waals surface area contributed by atoms with E-state index < -0.39 is 5.97 Å². The Kier molecular flexibility index (Phi) is 7.78. The summed E-state index contributed by atoms with van der Waals surface area (Å²) in [6, 6.07) is 0. The first-order chi connectivity index (χ1) is 15.3. The zero-order chi connectivity index (χ0) is 24.8. The highest BCUT2D eigenvalue weighted by Crippen LogP contribution is 2.67. The van der Waals surface area contributed by atoms with Gasteiger partial charge in [0.2, 0.25) is 0 Å². The lowest BCUT2D eigenvalue weighted by atomic mass is 9.43. The lowest BCUT2D eigenvalue weighted by Gasteiger charge is -2.64. The predicted molar refractivity (Wildman–Crippen MR) is 134 cm³/mol. The molecule has 5 rings (SSSR count). The zero-order valence-corrected chi connectivity index (χ0v) is 22.2. The molecule has 2 unspecified atom stereocenters. The molecule has 4 fully saturated rings. The minimum Gasteiger partial charge on any atom is -0.456 e. The van der Waals surface area contributed by atoms with Crippen molar-refractivity contribution in [3.05, 3.63) is 50.4 Å². The third kappa shape index (κ3) is 5.51. The van der Waals surface area contributed by atoms with Gasteiger partial charge >= 0.3 is 11.9 Å². The quantitative estimate of drug-likeness (QED) is 0.123. The summed E-state index contributed by atoms with van der Waals surface area (Å²) in [5.41, 5.74) is 0.624. The Balaban J connectivity index is 0.000000186. The van der Waals surface area contributed by atoms with E-state index in [0.717, 1.165) is 31.3 Å². The summed E-state index contributed by atoms with van der Waals surface area (Å²) in [6.45, 7) is 11.5. The molecule has 180 valence electrons. The maximum atomic E-state index is 11.6. The zero-order valence-electron chi connectivity index (χ0n) is 18.4. The molecule has 4 nitrogen and oxygen atoms in total. The molecule has 0 N–H and O–H groups in total. The van der Waals surface area contributed by atoms with Crippen LogP contribution in [0.1, 0.15) is 52.4 Å². The molecule has 4 aliphatic rings. The number of hydrogen-bond donors (Lipinski definition) is 0. The number of halogens is 5. The Morgan fingerprint density at radius 1 is 0.788 bits per heavy atom. The van der Waals surface area contributed by atoms with Gasteiger partial charge in [0.15, 0.2) is 5.75 Å². The van der Waals surface area contributed by atoms with Crippen molar-refractivity contribution in [2.24, 2.45) is 16.7 Å². The molecule has 0 aliphatic heterocycles. The molecular weight excluding hydrogens is 530 g/mol. The second-order valence-electron chi connectivity index (χ2n) is 9.96. The van der Waals surface area contributed by atoms with Crippen LogP contribution in [0.3, 0.4) is 0 Å². The van der Waals surface area contributed by atoms with Crippen LogP contribution in [0, 0.1) is 16.7 Å². The van der Waals surface area contributed by atoms with Crippen molar-refractivity contribution < 1.29 is 19.1 Å². The van der Waals surface area contributed by atoms with Crippen LogP contribution >= 0.6 is 58.0 Å². The number of ether oxygens (including phenoxy) is 2. The first-order valence-corrected chi connectivity index (χ1v) is 12.4. The minimum atomic E-state index is -0.738. The van der Waals surface area contributed by atoms with Crippen LogP contribution in [0.25, 0.3) is 0 Å². The molecule has 0 spiro atoms. The number of rotatable bonds is 4. The van der Waals surface area contributed by atoms with Gasteiger partial charge in [0.1, 0.15) is 15.6 Å². The van der Waals surface area contributed by atoms with Crippen LogP contribution in [-0.2, 0) is 14.3 Å². The average Bonchev–Trinajstić information content (AvgIpc) is 2.71. The van der Waals surface area contributed by atoms with E-state index in [2.05, 4.69) is 27.0 Å². The first-order valence-electron chi connectivity index (χ1n) is 10.5. The normalized spacial score (nSPS) is 31.3. The minimum absolute atomic E-state index is 0.00302. The Bertz CT molecular complexity index is 974. The van der Waals surface area contributed by atoms with Gasteiger partial charge in [-0.15, -0.1) is 0 Å². The second-order valence-corrected chi connectivity index (χ2v) is 11.9. The van der Waals surface area contributed by atoms with Gasteiger partial charge in [0.25, 0.3) is 0 Å². The summed E-state index contributed by atoms with van der Waals surface area (Å²) in [5, 5.41) is -0.251. The number of benzene rings is 1. The van der Waals surface area contributed by atoms with Crippen LogP contribution in [0.5, 0.6) is 5.75 Å². The summed E-state index contributed by atoms with van der Waals surface area (Å²) in [6.07, 6.45) is 9.43. The van der Waals surface area contributed by atoms with Gasteiger partial charge in [-0.25, -0.2) is 9.59 Å². The van der Waals surface area contributed by atoms with Gasteiger partial charge in [0, 0.05) is 12.2 Å². The smallest absolute Gasteiger partial charge is 0.335 e. The van der Waals surface area contributed by atoms with Crippen LogP contribution in [0.4, 0.5) is 0 Å². The van der Waals surface area contributed by atoms with E-state index in [1.165, 1.54) is 25.3 Å². The predicted octanol–water partition coefficient (Wildman–Crippen LogP) is 8.51. The fraction of sp³-hybridized carbons (Fsp3) is 0.500. The van der Waals surface area contributed by atoms with Crippen molar-refractivity contribution in [1.29, 1.82) is 0 Å². The van der Waals surface area contributed by atoms with Gasteiger partial charge in [0.05, 0.1) is 15.1 Å². The summed E-state index contributed by atoms with van der Waals surface area (Å²) in [5.74, 6) is -0.357. The van der Waals surface area contributed by atoms with Crippen LogP contribution in [0.15, 0.2) is 25.3 Å². The molecular formula is C24H25Cl5O4. The fourth-order valence-corrected chi connectivity index (χ4v) is 7.73. The van der Waals surface area contributed by atoms with Gasteiger partial charge in [-0.2, -0.15) is 0 Å². The topological polar surface area (TPSA) is 52.6 Å². The largest absolute Gasteiger partial charge is 0.456 e. The second kappa shape index (κ2) is 9.62. The Labute approximate surface area is 219 Å². The number of esters is 2. The molecule has 0 amide bonds. The molecule has 0 aromatic heterocycles. The SMILES string of the molecule is C=CC(=O)OC12CC3CC(C)(CC(C)(C3)C1)C2.C=CC(=O)Oc1c(Cl)c(Cl)c(Cl)c(Cl)c1Cl. The molecule has 4 saturated carbocycles. The summed E-state index contributed by atoms with van der Waals surface area (Å²) >= 11 is 28.9. The van der Waals surface area contributed by atoms with Gasteiger partial charge in [-0.3, -0.25) is 0 Å². The molecule has 4 aliphatic carbocycles. The Morgan fingerprint density at radius 2 is 1.24 bits per heavy atom. The Hall–Kier alpha value is -0.910. The standard InChI is InChI=1S/C15H22O2.C9H3Cl5O2/c1-4-12(16)17-15-7-11-5-13(2,9-15)8-14(3,6-11)10-15;1-2-3(15)16-9-7(13)5(11)4(10)6(12)8(9)14/h4,11H,1,5-10H2,2-3H3;2H,1H2. The molecule has 0 radical (unpaired) electrons. The fourth-order valence-electron chi connectivity index (χ4n) is 6.53. The van der Waals surface area contributed by atoms with Gasteiger partial charge < -0.3 is 9.47 Å². The van der Waals surface area contributed by atoms with E-state index in [0.29, 0.717) is 10.8 Å². The van der Waals surface area contributed by atoms with E-state index >= 15 is 0 Å². The van der Waals surface area contributed by atoms with Crippen molar-refractivity contribution in [3.63, 3.8) is 0 Å². The molecule has 33 heavy (non-hydrogen) atoms. The van der Waals surface area contributed by atoms with E-state index in [9.17, 15) is 9.59 Å². The summed E-state index contributed by atoms with van der Waals surface area (Å²) in [4.78, 5) is 22.6. The van der Waals surface area contributed by atoms with Gasteiger partial charge in [-0.05, 0) is 55.3 Å². The third-order valence-electron chi connectivity index (χ3n) is 6.60. The highest BCUT2D eigenvalue weighted by Gasteiger charge is 2.61. The molecule has 2 atom stereocenters. The van der Waals surface area contributed by atoms with Gasteiger partial charge in [-0.1, -0.05) is 85.0 Å². The van der Waals surface area contributed by atoms with E-state index in [4.69, 9.17) is 67.5 Å². The maximum Gasteiger partial charge on any atom is 0.335 e. The molecule has 0 saturated heterocycles. The van der Waals surface area contributed by atoms with Crippen molar-refractivity contribution in [2.45, 2.75) is 58.0 Å². The molecule has 0 heterocycles. The van der Waals surface area contributed by atoms with Crippen molar-refractivity contribution in [2.75, 3.05) is 0 Å². The molecule has 9 heteroatoms. The van der Waals surface area contributed by atoms with E-state index in [1.807, 2.05) is 0 Å². The summed E-state index contributed by atoms with van der Waals surface area (Å²) in [7, 11) is 0. The number of carbonyl (C=O) groups is 2. The van der Waals surface area contributed by atoms with Crippen molar-refractivity contribution in [1.82, 2.24) is 0 Å². The highest BCUT2D eigenvalue weighted by molar-refractivity contribution is 6.55. The van der Waals surface area contributed by atoms with Crippen molar-refractivity contribution in [3.8, 4) is 5.75 Å². The molecule has 1 aromatic carbocycles. The van der Waals surface area contributed by atoms with Crippen LogP contribution in [0.2, 0.25) is 25.1 Å². The lowest BCUT2D eigenvalue weighted by molar-refractivity contribution is -0.212. The third-order valence-corrected chi connectivity index (χ3v) is 8.84. The lowest BCUT2D eigenvalue weighted by Crippen LogP contribution is -2.59. The molecule has 1 aromatic rings. The summed E-state index contributed by atoms with van der Waals surface area (Å²) < 4.78 is 10.6. The first kappa shape index (κ1) is 26.7. The maximum absolute atomic E-state index is 11.6. The monoisotopic (exact) mass is 552 g/mol. The van der Waals surface area contributed by atoms with Crippen LogP contribution in [-0.4, -0.2) is 17.5 Å². The highest BCUT2D eigenvalue weighted by atomic mass is 35.5. The van der Waals surface area contributed by atoms with Crippen LogP contribution < -0.4 is 4.74 Å². The number of hydrogen-bond acceptors (Lipinski definition) is 4. The van der Waals surface area contributed by atoms with E-state index in [-0.39, 0.29) is 42.4 Å². The Morgan fingerprint density at radius 3 is 1.67 bits per heavy atom. The van der Waals surface area contributed by atoms with Crippen molar-refractivity contribution >= 4 is 69.9 Å².